The van der Waals surface area contributed by atoms with Crippen LogP contribution in [-0.2, 0) is 22.7 Å². The molecule has 42 heavy (non-hydrogen) atoms. The van der Waals surface area contributed by atoms with E-state index < -0.39 is 24.3 Å². The van der Waals surface area contributed by atoms with Crippen LogP contribution >= 0.6 is 11.3 Å². The molecule has 0 unspecified atom stereocenters. The van der Waals surface area contributed by atoms with Crippen molar-refractivity contribution in [1.29, 1.82) is 0 Å². The lowest BCUT2D eigenvalue weighted by molar-refractivity contribution is -0.193. The number of alkyl halides is 6. The predicted molar refractivity (Wildman–Crippen MR) is 140 cm³/mol. The maximum absolute atomic E-state index is 10.6. The van der Waals surface area contributed by atoms with Crippen LogP contribution in [0.4, 0.5) is 32.3 Å². The molecule has 0 atom stereocenters. The number of hydrogen-bond acceptors (Lipinski definition) is 9. The van der Waals surface area contributed by atoms with Gasteiger partial charge in [-0.15, -0.1) is 11.3 Å². The number of anilines is 1. The third kappa shape index (κ3) is 10.9. The second kappa shape index (κ2) is 14.9. The Kier molecular flexibility index (Phi) is 12.2. The van der Waals surface area contributed by atoms with Crippen LogP contribution in [-0.4, -0.2) is 90.3 Å². The fourth-order valence-electron chi connectivity index (χ4n) is 3.58. The van der Waals surface area contributed by atoms with E-state index in [1.54, 1.807) is 11.3 Å². The van der Waals surface area contributed by atoms with Gasteiger partial charge in [0.1, 0.15) is 0 Å². The summed E-state index contributed by atoms with van der Waals surface area (Å²) in [4.78, 5) is 36.5. The molecule has 1 saturated heterocycles. The van der Waals surface area contributed by atoms with E-state index >= 15 is 0 Å². The summed E-state index contributed by atoms with van der Waals surface area (Å²) in [6.07, 6.45) is -5.14. The molecule has 2 N–H and O–H groups in total. The summed E-state index contributed by atoms with van der Waals surface area (Å²) in [5.74, 6) is -4.70. The van der Waals surface area contributed by atoms with E-state index in [0.29, 0.717) is 0 Å². The SMILES string of the molecule is CCCn1cc(-c2ccnc(N3CCN(Cc4csc(C)n4)CC3)n2)c(C)n1.O=C(O)C(F)(F)F.O=C(O)C(F)(F)F. The van der Waals surface area contributed by atoms with Gasteiger partial charge in [0.2, 0.25) is 5.95 Å². The molecule has 0 spiro atoms. The number of aryl methyl sites for hydroxylation is 3. The third-order valence-corrected chi connectivity index (χ3v) is 6.33. The number of hydrogen-bond donors (Lipinski definition) is 2. The summed E-state index contributed by atoms with van der Waals surface area (Å²) in [5, 5.41) is 22.1. The van der Waals surface area contributed by atoms with Crippen LogP contribution in [0.2, 0.25) is 0 Å². The summed E-state index contributed by atoms with van der Waals surface area (Å²) < 4.78 is 65.5. The van der Waals surface area contributed by atoms with Crippen LogP contribution in [0.15, 0.2) is 23.8 Å². The quantitative estimate of drug-likeness (QED) is 0.379. The van der Waals surface area contributed by atoms with Crippen LogP contribution in [0.3, 0.4) is 0 Å². The van der Waals surface area contributed by atoms with Crippen molar-refractivity contribution in [2.24, 2.45) is 0 Å². The van der Waals surface area contributed by atoms with Gasteiger partial charge in [-0.3, -0.25) is 9.58 Å². The fourth-order valence-corrected chi connectivity index (χ4v) is 4.18. The van der Waals surface area contributed by atoms with E-state index in [-0.39, 0.29) is 0 Å². The number of aromatic nitrogens is 5. The maximum Gasteiger partial charge on any atom is 0.490 e. The van der Waals surface area contributed by atoms with Crippen LogP contribution < -0.4 is 4.90 Å². The summed E-state index contributed by atoms with van der Waals surface area (Å²) >= 11 is 1.72. The Labute approximate surface area is 240 Å². The highest BCUT2D eigenvalue weighted by Crippen LogP contribution is 2.23. The smallest absolute Gasteiger partial charge is 0.475 e. The number of carboxylic acids is 2. The number of piperazine rings is 1. The predicted octanol–water partition coefficient (Wildman–Crippen LogP) is 4.41. The number of carboxylic acid groups (broad SMARTS) is 2. The van der Waals surface area contributed by atoms with Crippen LogP contribution in [0.5, 0.6) is 0 Å². The number of carbonyl (C=O) groups is 2. The van der Waals surface area contributed by atoms with Gasteiger partial charge in [0, 0.05) is 62.6 Å². The zero-order valence-electron chi connectivity index (χ0n) is 22.8. The van der Waals surface area contributed by atoms with E-state index in [0.717, 1.165) is 73.6 Å². The molecule has 3 aromatic heterocycles. The zero-order valence-corrected chi connectivity index (χ0v) is 23.6. The Hall–Kier alpha value is -3.80. The Morgan fingerprint density at radius 2 is 1.55 bits per heavy atom. The Morgan fingerprint density at radius 1 is 0.976 bits per heavy atom. The van der Waals surface area contributed by atoms with E-state index in [1.807, 2.05) is 23.9 Å². The molecule has 0 saturated carbocycles. The van der Waals surface area contributed by atoms with Crippen molar-refractivity contribution in [3.8, 4) is 11.3 Å². The molecule has 232 valence electrons. The minimum atomic E-state index is -5.08. The molecule has 0 amide bonds. The molecule has 0 aliphatic carbocycles. The molecule has 0 radical (unpaired) electrons. The van der Waals surface area contributed by atoms with Gasteiger partial charge < -0.3 is 15.1 Å². The van der Waals surface area contributed by atoms with Crippen LogP contribution in [0.1, 0.15) is 29.7 Å². The van der Waals surface area contributed by atoms with Crippen molar-refractivity contribution >= 4 is 29.2 Å². The highest BCUT2D eigenvalue weighted by molar-refractivity contribution is 7.09. The molecule has 1 aliphatic rings. The van der Waals surface area contributed by atoms with Gasteiger partial charge in [-0.2, -0.15) is 31.4 Å². The molecular weight excluding hydrogens is 596 g/mol. The zero-order chi connectivity index (χ0) is 31.7. The summed E-state index contributed by atoms with van der Waals surface area (Å²) in [6, 6.07) is 1.98. The topological polar surface area (TPSA) is 138 Å². The van der Waals surface area contributed by atoms with Gasteiger partial charge in [-0.25, -0.2) is 24.5 Å². The molecular formula is C24H29F6N7O4S. The van der Waals surface area contributed by atoms with Crippen molar-refractivity contribution < 1.29 is 46.1 Å². The van der Waals surface area contributed by atoms with E-state index in [4.69, 9.17) is 24.8 Å². The summed E-state index contributed by atoms with van der Waals surface area (Å²) in [7, 11) is 0. The second-order valence-electron chi connectivity index (χ2n) is 8.86. The van der Waals surface area contributed by atoms with Crippen molar-refractivity contribution in [3.63, 3.8) is 0 Å². The fraction of sp³-hybridized carbons (Fsp3) is 0.500. The van der Waals surface area contributed by atoms with Gasteiger partial charge in [-0.05, 0) is 26.3 Å². The third-order valence-electron chi connectivity index (χ3n) is 5.51. The molecule has 4 heterocycles. The molecule has 3 aromatic rings. The van der Waals surface area contributed by atoms with Gasteiger partial charge >= 0.3 is 24.3 Å². The molecule has 4 rings (SSSR count). The van der Waals surface area contributed by atoms with Crippen molar-refractivity contribution in [3.05, 3.63) is 40.2 Å². The lowest BCUT2D eigenvalue weighted by Gasteiger charge is -2.34. The number of thiazole rings is 1. The largest absolute Gasteiger partial charge is 0.490 e. The Morgan fingerprint density at radius 3 is 2.02 bits per heavy atom. The van der Waals surface area contributed by atoms with E-state index in [2.05, 4.69) is 50.3 Å². The number of nitrogens with zero attached hydrogens (tertiary/aromatic N) is 7. The van der Waals surface area contributed by atoms with Crippen LogP contribution in [0.25, 0.3) is 11.3 Å². The van der Waals surface area contributed by atoms with Gasteiger partial charge in [0.05, 0.1) is 22.1 Å². The molecule has 18 heteroatoms. The van der Waals surface area contributed by atoms with Crippen molar-refractivity contribution in [1.82, 2.24) is 29.6 Å². The summed E-state index contributed by atoms with van der Waals surface area (Å²) in [6.45, 7) is 12.0. The first-order valence-electron chi connectivity index (χ1n) is 12.4. The van der Waals surface area contributed by atoms with Gasteiger partial charge in [0.25, 0.3) is 0 Å². The first kappa shape index (κ1) is 34.4. The van der Waals surface area contributed by atoms with Gasteiger partial charge in [-0.1, -0.05) is 6.92 Å². The molecule has 0 aromatic carbocycles. The molecule has 0 bridgehead atoms. The van der Waals surface area contributed by atoms with Gasteiger partial charge in [0.15, 0.2) is 0 Å². The molecule has 1 aliphatic heterocycles. The summed E-state index contributed by atoms with van der Waals surface area (Å²) in [5.41, 5.74) is 4.23. The Bertz CT molecular complexity index is 1300. The second-order valence-corrected chi connectivity index (χ2v) is 9.92. The van der Waals surface area contributed by atoms with Crippen LogP contribution in [0, 0.1) is 13.8 Å². The first-order chi connectivity index (χ1) is 19.5. The number of rotatable bonds is 6. The minimum Gasteiger partial charge on any atom is -0.475 e. The molecule has 11 nitrogen and oxygen atoms in total. The highest BCUT2D eigenvalue weighted by Gasteiger charge is 2.38. The number of halogens is 6. The lowest BCUT2D eigenvalue weighted by Crippen LogP contribution is -2.46. The van der Waals surface area contributed by atoms with E-state index in [9.17, 15) is 26.3 Å². The minimum absolute atomic E-state index is 0.810. The molecule has 1 fully saturated rings. The lowest BCUT2D eigenvalue weighted by atomic mass is 10.2. The van der Waals surface area contributed by atoms with Crippen molar-refractivity contribution in [2.75, 3.05) is 31.1 Å². The van der Waals surface area contributed by atoms with E-state index in [1.165, 1.54) is 5.69 Å². The first-order valence-corrected chi connectivity index (χ1v) is 13.2. The maximum atomic E-state index is 10.6. The monoisotopic (exact) mass is 625 g/mol. The number of aliphatic carboxylic acids is 2. The van der Waals surface area contributed by atoms with Crippen molar-refractivity contribution in [2.45, 2.75) is 52.6 Å². The highest BCUT2D eigenvalue weighted by atomic mass is 32.1. The normalized spacial score (nSPS) is 14.0. The average molecular weight is 626 g/mol. The average Bonchev–Trinajstić information content (AvgIpc) is 3.48. The Balaban J connectivity index is 0.000000367. The standard InChI is InChI=1S/C20H27N7S.2C2HF3O2/c1-4-7-27-13-18(15(2)24-27)19-5-6-21-20(23-19)26-10-8-25(9-11-26)12-17-14-28-16(3)22-17;2*3-2(4,5)1(6)7/h5-6,13-14H,4,7-12H2,1-3H3;2*(H,6,7).